The van der Waals surface area contributed by atoms with Gasteiger partial charge in [0.05, 0.1) is 11.2 Å². The summed E-state index contributed by atoms with van der Waals surface area (Å²) in [5.74, 6) is 0.847. The molecule has 0 N–H and O–H groups in total. The van der Waals surface area contributed by atoms with Crippen LogP contribution in [0.15, 0.2) is 42.5 Å². The smallest absolute Gasteiger partial charge is 0.188 e. The van der Waals surface area contributed by atoms with Crippen molar-refractivity contribution in [2.45, 2.75) is 59.3 Å². The number of hydrogen-bond donors (Lipinski definition) is 0. The molecule has 0 aliphatic heterocycles. The molecule has 0 saturated heterocycles. The molecule has 1 heterocycles. The Morgan fingerprint density at radius 2 is 1.68 bits per heavy atom. The Morgan fingerprint density at radius 1 is 0.935 bits per heavy atom. The Balaban J connectivity index is 1.98. The molecule has 3 heteroatoms. The number of nitrogens with zero attached hydrogens (tertiary/aromatic N) is 1. The number of ether oxygens (including phenoxy) is 2. The summed E-state index contributed by atoms with van der Waals surface area (Å²) in [6.07, 6.45) is 7.99. The molecule has 164 valence electrons. The van der Waals surface area contributed by atoms with E-state index >= 15 is 0 Å². The van der Waals surface area contributed by atoms with E-state index in [2.05, 4.69) is 93.8 Å². The van der Waals surface area contributed by atoms with Crippen LogP contribution in [0.1, 0.15) is 59.4 Å². The van der Waals surface area contributed by atoms with Crippen LogP contribution in [0.3, 0.4) is 0 Å². The third-order valence-electron chi connectivity index (χ3n) is 6.09. The van der Waals surface area contributed by atoms with Crippen molar-refractivity contribution in [2.75, 3.05) is 13.9 Å². The van der Waals surface area contributed by atoms with E-state index in [1.165, 1.54) is 27.0 Å². The first-order valence-electron chi connectivity index (χ1n) is 11.3. The second kappa shape index (κ2) is 8.20. The van der Waals surface area contributed by atoms with Crippen LogP contribution in [0.4, 0.5) is 0 Å². The Kier molecular flexibility index (Phi) is 5.74. The molecule has 0 fully saturated rings. The lowest BCUT2D eigenvalue weighted by molar-refractivity contribution is 0.0510. The SMILES string of the molecule is COCOc1ccc(C(C)(C)CC(C)(C)C)cc1-n1c2c(c3ccccc31)=CCCC=2. The van der Waals surface area contributed by atoms with E-state index in [4.69, 9.17) is 9.47 Å². The predicted octanol–water partition coefficient (Wildman–Crippen LogP) is 5.68. The summed E-state index contributed by atoms with van der Waals surface area (Å²) in [7, 11) is 1.66. The minimum absolute atomic E-state index is 0.0473. The molecule has 0 bridgehead atoms. The highest BCUT2D eigenvalue weighted by Crippen LogP contribution is 2.38. The number of hydrogen-bond acceptors (Lipinski definition) is 2. The Bertz CT molecular complexity index is 1210. The third-order valence-corrected chi connectivity index (χ3v) is 6.09. The van der Waals surface area contributed by atoms with E-state index in [1.807, 2.05) is 0 Å². The number of para-hydroxylation sites is 1. The van der Waals surface area contributed by atoms with Crippen molar-refractivity contribution in [3.63, 3.8) is 0 Å². The molecular formula is C28H35NO2. The highest BCUT2D eigenvalue weighted by atomic mass is 16.7. The topological polar surface area (TPSA) is 23.4 Å². The summed E-state index contributed by atoms with van der Waals surface area (Å²) in [5.41, 5.74) is 3.92. The maximum absolute atomic E-state index is 6.05. The van der Waals surface area contributed by atoms with E-state index in [0.29, 0.717) is 0 Å². The maximum atomic E-state index is 6.05. The van der Waals surface area contributed by atoms with Crippen LogP contribution in [0.5, 0.6) is 5.75 Å². The molecule has 3 aromatic rings. The van der Waals surface area contributed by atoms with Crippen LogP contribution in [0.25, 0.3) is 28.7 Å². The fourth-order valence-electron chi connectivity index (χ4n) is 5.19. The third kappa shape index (κ3) is 4.29. The van der Waals surface area contributed by atoms with E-state index in [9.17, 15) is 0 Å². The van der Waals surface area contributed by atoms with Gasteiger partial charge in [0, 0.05) is 23.1 Å². The Morgan fingerprint density at radius 3 is 2.42 bits per heavy atom. The zero-order valence-electron chi connectivity index (χ0n) is 19.8. The monoisotopic (exact) mass is 417 g/mol. The molecule has 3 nitrogen and oxygen atoms in total. The van der Waals surface area contributed by atoms with Gasteiger partial charge in [-0.15, -0.1) is 0 Å². The fourth-order valence-corrected chi connectivity index (χ4v) is 5.19. The number of fused-ring (bicyclic) bond motifs is 3. The van der Waals surface area contributed by atoms with Crippen LogP contribution in [-0.2, 0) is 10.2 Å². The number of rotatable bonds is 6. The molecule has 1 aromatic heterocycles. The summed E-state index contributed by atoms with van der Waals surface area (Å²) < 4.78 is 13.7. The highest BCUT2D eigenvalue weighted by molar-refractivity contribution is 5.85. The number of aromatic nitrogens is 1. The zero-order valence-corrected chi connectivity index (χ0v) is 19.8. The van der Waals surface area contributed by atoms with Gasteiger partial charge in [-0.1, -0.05) is 71.0 Å². The van der Waals surface area contributed by atoms with Crippen LogP contribution in [-0.4, -0.2) is 18.5 Å². The average Bonchev–Trinajstić information content (AvgIpc) is 3.05. The summed E-state index contributed by atoms with van der Waals surface area (Å²) in [4.78, 5) is 0. The zero-order chi connectivity index (χ0) is 22.2. The highest BCUT2D eigenvalue weighted by Gasteiger charge is 2.28. The van der Waals surface area contributed by atoms with Crippen LogP contribution in [0.2, 0.25) is 0 Å². The molecule has 0 saturated carbocycles. The van der Waals surface area contributed by atoms with Gasteiger partial charge >= 0.3 is 0 Å². The van der Waals surface area contributed by atoms with Gasteiger partial charge in [0.1, 0.15) is 5.75 Å². The molecule has 1 aliphatic rings. The van der Waals surface area contributed by atoms with Crippen molar-refractivity contribution in [2.24, 2.45) is 5.41 Å². The normalized spacial score (nSPS) is 14.1. The average molecular weight is 418 g/mol. The quantitative estimate of drug-likeness (QED) is 0.482. The number of benzene rings is 2. The van der Waals surface area contributed by atoms with Gasteiger partial charge in [0.2, 0.25) is 0 Å². The predicted molar refractivity (Wildman–Crippen MR) is 130 cm³/mol. The molecule has 2 aromatic carbocycles. The molecule has 1 aliphatic carbocycles. The largest absolute Gasteiger partial charge is 0.465 e. The van der Waals surface area contributed by atoms with Crippen molar-refractivity contribution >= 4 is 23.1 Å². The first kappa shape index (κ1) is 21.7. The van der Waals surface area contributed by atoms with Gasteiger partial charge in [0.15, 0.2) is 6.79 Å². The maximum Gasteiger partial charge on any atom is 0.188 e. The van der Waals surface area contributed by atoms with E-state index in [0.717, 1.165) is 30.7 Å². The second-order valence-corrected chi connectivity index (χ2v) is 10.5. The summed E-state index contributed by atoms with van der Waals surface area (Å²) in [5, 5.41) is 3.89. The Hall–Kier alpha value is -2.52. The fraction of sp³-hybridized carbons (Fsp3) is 0.429. The molecular weight excluding hydrogens is 382 g/mol. The van der Waals surface area contributed by atoms with Crippen molar-refractivity contribution in [1.29, 1.82) is 0 Å². The lowest BCUT2D eigenvalue weighted by Gasteiger charge is -2.33. The van der Waals surface area contributed by atoms with Crippen molar-refractivity contribution in [3.8, 4) is 11.4 Å². The van der Waals surface area contributed by atoms with Gasteiger partial charge in [-0.05, 0) is 53.9 Å². The molecule has 0 atom stereocenters. The molecule has 0 radical (unpaired) electrons. The Labute approximate surface area is 186 Å². The minimum atomic E-state index is 0.0473. The standard InChI is InChI=1S/C28H35NO2/c1-27(2,3)18-28(4,5)20-15-16-26(31-19-30-6)25(17-20)29-23-13-9-7-11-21(23)22-12-8-10-14-24(22)29/h7,9,11-17H,8,10,18-19H2,1-6H3. The van der Waals surface area contributed by atoms with Gasteiger partial charge in [-0.2, -0.15) is 0 Å². The minimum Gasteiger partial charge on any atom is -0.465 e. The summed E-state index contributed by atoms with van der Waals surface area (Å²) in [6, 6.07) is 15.3. The summed E-state index contributed by atoms with van der Waals surface area (Å²) >= 11 is 0. The van der Waals surface area contributed by atoms with Crippen LogP contribution in [0, 0.1) is 5.41 Å². The van der Waals surface area contributed by atoms with Gasteiger partial charge in [0.25, 0.3) is 0 Å². The summed E-state index contributed by atoms with van der Waals surface area (Å²) in [6.45, 7) is 11.9. The van der Waals surface area contributed by atoms with E-state index in [1.54, 1.807) is 7.11 Å². The van der Waals surface area contributed by atoms with Gasteiger partial charge < -0.3 is 14.0 Å². The lowest BCUT2D eigenvalue weighted by Crippen LogP contribution is -2.31. The molecule has 4 rings (SSSR count). The number of methoxy groups -OCH3 is 1. The van der Waals surface area contributed by atoms with Crippen LogP contribution >= 0.6 is 0 Å². The molecule has 0 unspecified atom stereocenters. The first-order chi connectivity index (χ1) is 14.7. The molecule has 31 heavy (non-hydrogen) atoms. The van der Waals surface area contributed by atoms with Gasteiger partial charge in [-0.3, -0.25) is 0 Å². The first-order valence-corrected chi connectivity index (χ1v) is 11.3. The molecule has 0 amide bonds. The van der Waals surface area contributed by atoms with E-state index in [-0.39, 0.29) is 17.6 Å². The van der Waals surface area contributed by atoms with Gasteiger partial charge in [-0.25, -0.2) is 0 Å². The van der Waals surface area contributed by atoms with Crippen molar-refractivity contribution < 1.29 is 9.47 Å². The lowest BCUT2D eigenvalue weighted by atomic mass is 9.72. The van der Waals surface area contributed by atoms with Crippen molar-refractivity contribution in [3.05, 3.63) is 58.6 Å². The van der Waals surface area contributed by atoms with Crippen LogP contribution < -0.4 is 15.3 Å². The van der Waals surface area contributed by atoms with E-state index < -0.39 is 0 Å². The van der Waals surface area contributed by atoms with Crippen molar-refractivity contribution in [1.82, 2.24) is 4.57 Å². The second-order valence-electron chi connectivity index (χ2n) is 10.5. The molecule has 0 spiro atoms.